The topological polar surface area (TPSA) is 56.7 Å². The van der Waals surface area contributed by atoms with Crippen molar-refractivity contribution in [1.29, 1.82) is 0 Å². The molecule has 0 aliphatic rings. The van der Waals surface area contributed by atoms with Gasteiger partial charge in [0.15, 0.2) is 17.5 Å². The summed E-state index contributed by atoms with van der Waals surface area (Å²) in [4.78, 5) is 16.2. The Morgan fingerprint density at radius 1 is 0.350 bits per heavy atom. The highest BCUT2D eigenvalue weighted by molar-refractivity contribution is 6.25. The van der Waals surface area contributed by atoms with Gasteiger partial charge >= 0.3 is 0 Å². The zero-order valence-corrected chi connectivity index (χ0v) is 32.2. The number of hydrogen-bond acceptors (Lipinski definition) is 4. The molecular weight excluding hydrogens is 733 g/mol. The zero-order chi connectivity index (χ0) is 39.3. The molecule has 0 atom stereocenters. The van der Waals surface area contributed by atoms with Crippen molar-refractivity contribution in [3.8, 4) is 39.9 Å². The molecule has 60 heavy (non-hydrogen) atoms. The van der Waals surface area contributed by atoms with E-state index in [1.165, 1.54) is 21.5 Å². The number of para-hydroxylation sites is 2. The quantitative estimate of drug-likeness (QED) is 0.179. The zero-order valence-electron chi connectivity index (χ0n) is 32.2. The Balaban J connectivity index is 1.20. The average Bonchev–Trinajstić information content (AvgIpc) is 3.85. The molecule has 5 nitrogen and oxygen atoms in total. The molecule has 0 fully saturated rings. The van der Waals surface area contributed by atoms with Gasteiger partial charge in [0.2, 0.25) is 0 Å². The molecule has 0 spiro atoms. The maximum absolute atomic E-state index is 7.10. The molecule has 0 radical (unpaired) electrons. The first-order chi connectivity index (χ1) is 29.8. The molecular formula is C55H32N4O. The first-order valence-electron chi connectivity index (χ1n) is 20.3. The second-order valence-corrected chi connectivity index (χ2v) is 15.5. The lowest BCUT2D eigenvalue weighted by molar-refractivity contribution is 0.670. The molecule has 13 rings (SSSR count). The van der Waals surface area contributed by atoms with E-state index < -0.39 is 0 Å². The normalized spacial score (nSPS) is 12.0. The minimum absolute atomic E-state index is 0.552. The van der Waals surface area contributed by atoms with Crippen LogP contribution in [0.3, 0.4) is 0 Å². The van der Waals surface area contributed by atoms with Gasteiger partial charge in [0, 0.05) is 32.7 Å². The predicted octanol–water partition coefficient (Wildman–Crippen LogP) is 14.5. The van der Waals surface area contributed by atoms with Gasteiger partial charge in [-0.15, -0.1) is 0 Å². The van der Waals surface area contributed by atoms with Crippen LogP contribution in [0.15, 0.2) is 199 Å². The number of fused-ring (bicyclic) bond motifs is 10. The van der Waals surface area contributed by atoms with Gasteiger partial charge in [-0.25, -0.2) is 15.0 Å². The van der Waals surface area contributed by atoms with Crippen molar-refractivity contribution in [1.82, 2.24) is 19.5 Å². The van der Waals surface area contributed by atoms with E-state index in [1.54, 1.807) is 0 Å². The summed E-state index contributed by atoms with van der Waals surface area (Å²) in [5.74, 6) is 1.76. The van der Waals surface area contributed by atoms with E-state index in [2.05, 4.69) is 193 Å². The van der Waals surface area contributed by atoms with Crippen molar-refractivity contribution in [3.05, 3.63) is 194 Å². The summed E-state index contributed by atoms with van der Waals surface area (Å²) in [6.07, 6.45) is 0. The van der Waals surface area contributed by atoms with Crippen molar-refractivity contribution in [2.75, 3.05) is 0 Å². The fourth-order valence-corrected chi connectivity index (χ4v) is 9.54. The largest absolute Gasteiger partial charge is 0.455 e. The number of aromatic nitrogens is 4. The van der Waals surface area contributed by atoms with Crippen molar-refractivity contribution < 1.29 is 4.42 Å². The molecule has 0 amide bonds. The number of furan rings is 1. The summed E-state index contributed by atoms with van der Waals surface area (Å²) in [5.41, 5.74) is 7.57. The molecule has 13 aromatic rings. The fraction of sp³-hybridized carbons (Fsp3) is 0. The third kappa shape index (κ3) is 4.77. The van der Waals surface area contributed by atoms with Crippen LogP contribution in [0.25, 0.3) is 127 Å². The molecule has 0 aliphatic carbocycles. The van der Waals surface area contributed by atoms with Crippen LogP contribution >= 0.6 is 0 Å². The average molecular weight is 765 g/mol. The van der Waals surface area contributed by atoms with Crippen LogP contribution in [0.5, 0.6) is 0 Å². The molecule has 0 bridgehead atoms. The van der Waals surface area contributed by atoms with Crippen LogP contribution in [-0.2, 0) is 0 Å². The lowest BCUT2D eigenvalue weighted by Crippen LogP contribution is -2.03. The van der Waals surface area contributed by atoms with E-state index in [1.807, 2.05) is 6.07 Å². The number of benzene rings is 10. The van der Waals surface area contributed by atoms with Crippen LogP contribution in [0.4, 0.5) is 0 Å². The number of nitrogens with zero attached hydrogens (tertiary/aromatic N) is 4. The van der Waals surface area contributed by atoms with E-state index in [0.29, 0.717) is 17.5 Å². The van der Waals surface area contributed by atoms with Gasteiger partial charge in [0.1, 0.15) is 11.2 Å². The van der Waals surface area contributed by atoms with Crippen molar-refractivity contribution in [2.24, 2.45) is 0 Å². The Hall–Kier alpha value is -8.15. The molecule has 3 heterocycles. The van der Waals surface area contributed by atoms with Gasteiger partial charge in [-0.05, 0) is 62.0 Å². The van der Waals surface area contributed by atoms with Gasteiger partial charge in [-0.3, -0.25) is 0 Å². The highest BCUT2D eigenvalue weighted by Crippen LogP contribution is 2.48. The molecule has 10 aromatic carbocycles. The summed E-state index contributed by atoms with van der Waals surface area (Å²) < 4.78 is 9.55. The lowest BCUT2D eigenvalue weighted by Gasteiger charge is -2.17. The Kier molecular flexibility index (Phi) is 6.95. The Morgan fingerprint density at radius 3 is 1.53 bits per heavy atom. The van der Waals surface area contributed by atoms with Crippen molar-refractivity contribution >= 4 is 86.8 Å². The smallest absolute Gasteiger partial charge is 0.168 e. The second kappa shape index (κ2) is 12.7. The first-order valence-corrected chi connectivity index (χ1v) is 20.3. The highest BCUT2D eigenvalue weighted by Gasteiger charge is 2.27. The maximum Gasteiger partial charge on any atom is 0.168 e. The summed E-state index contributed by atoms with van der Waals surface area (Å²) in [7, 11) is 0. The SMILES string of the molecule is c1ccc2cc3c(cc2c1)c1ccccc1n3-c1c2ccccc2c(-c2nc(-c3cccc4ccccc34)nc(-c3cccc4ccccc34)n2)c2oc3ccccc3c12. The third-order valence-corrected chi connectivity index (χ3v) is 12.2. The van der Waals surface area contributed by atoms with Gasteiger partial charge in [-0.2, -0.15) is 0 Å². The molecule has 3 aromatic heterocycles. The van der Waals surface area contributed by atoms with E-state index >= 15 is 0 Å². The van der Waals surface area contributed by atoms with E-state index in [4.69, 9.17) is 19.4 Å². The summed E-state index contributed by atoms with van der Waals surface area (Å²) >= 11 is 0. The van der Waals surface area contributed by atoms with E-state index in [-0.39, 0.29) is 0 Å². The molecule has 5 heteroatoms. The second-order valence-electron chi connectivity index (χ2n) is 15.5. The molecule has 278 valence electrons. The first kappa shape index (κ1) is 32.9. The predicted molar refractivity (Wildman–Crippen MR) is 248 cm³/mol. The van der Waals surface area contributed by atoms with Crippen LogP contribution in [0, 0.1) is 0 Å². The highest BCUT2D eigenvalue weighted by atomic mass is 16.3. The Morgan fingerprint density at radius 2 is 0.850 bits per heavy atom. The molecule has 0 saturated heterocycles. The van der Waals surface area contributed by atoms with Crippen LogP contribution in [-0.4, -0.2) is 19.5 Å². The van der Waals surface area contributed by atoms with Gasteiger partial charge in [-0.1, -0.05) is 170 Å². The maximum atomic E-state index is 7.10. The lowest BCUT2D eigenvalue weighted by atomic mass is 9.96. The fourth-order valence-electron chi connectivity index (χ4n) is 9.54. The van der Waals surface area contributed by atoms with Crippen LogP contribution < -0.4 is 0 Å². The minimum Gasteiger partial charge on any atom is -0.455 e. The Bertz CT molecular complexity index is 3810. The molecule has 0 aliphatic heterocycles. The Labute approximate surface area is 343 Å². The molecule has 0 saturated carbocycles. The minimum atomic E-state index is 0.552. The number of rotatable bonds is 4. The number of hydrogen-bond donors (Lipinski definition) is 0. The van der Waals surface area contributed by atoms with Crippen LogP contribution in [0.2, 0.25) is 0 Å². The van der Waals surface area contributed by atoms with Crippen molar-refractivity contribution in [3.63, 3.8) is 0 Å². The monoisotopic (exact) mass is 764 g/mol. The summed E-state index contributed by atoms with van der Waals surface area (Å²) in [5, 5.41) is 13.3. The third-order valence-electron chi connectivity index (χ3n) is 12.2. The summed E-state index contributed by atoms with van der Waals surface area (Å²) in [6, 6.07) is 68.5. The molecule has 0 N–H and O–H groups in total. The van der Waals surface area contributed by atoms with Crippen LogP contribution in [0.1, 0.15) is 0 Å². The van der Waals surface area contributed by atoms with E-state index in [9.17, 15) is 0 Å². The molecule has 0 unspecified atom stereocenters. The van der Waals surface area contributed by atoms with E-state index in [0.717, 1.165) is 87.7 Å². The standard InChI is InChI=1S/C55H32N4O/c1-2-18-36-32-47-45(31-35(36)17-1)39-23-9-11-29-46(39)59(47)51-41-25-8-7-24-40(41)50(52-49(51)44-26-10-12-30-48(44)60-52)55-57-53(42-27-13-19-33-15-3-5-21-37(33)42)56-54(58-55)43-28-14-20-34-16-4-6-22-38(34)43/h1-32H. The van der Waals surface area contributed by atoms with Gasteiger partial charge in [0.05, 0.1) is 27.7 Å². The van der Waals surface area contributed by atoms with Crippen molar-refractivity contribution in [2.45, 2.75) is 0 Å². The van der Waals surface area contributed by atoms with Gasteiger partial charge < -0.3 is 8.98 Å². The summed E-state index contributed by atoms with van der Waals surface area (Å²) in [6.45, 7) is 0. The van der Waals surface area contributed by atoms with Gasteiger partial charge in [0.25, 0.3) is 0 Å².